The van der Waals surface area contributed by atoms with E-state index in [0.717, 1.165) is 58.4 Å². The van der Waals surface area contributed by atoms with Crippen LogP contribution in [0, 0.1) is 0 Å². The lowest BCUT2D eigenvalue weighted by molar-refractivity contribution is 0.894. The lowest BCUT2D eigenvalue weighted by Crippen LogP contribution is -2.15. The summed E-state index contributed by atoms with van der Waals surface area (Å²) < 4.78 is 0. The molecule has 0 aliphatic rings. The molecule has 0 unspecified atom stereocenters. The first-order chi connectivity index (χ1) is 20.8. The second-order valence-electron chi connectivity index (χ2n) is 9.71. The summed E-state index contributed by atoms with van der Waals surface area (Å²) >= 11 is 0. The lowest BCUT2D eigenvalue weighted by Gasteiger charge is -2.30. The minimum atomic E-state index is 0.731. The van der Waals surface area contributed by atoms with Gasteiger partial charge in [0.05, 0.1) is 41.4 Å². The van der Waals surface area contributed by atoms with Gasteiger partial charge in [0.25, 0.3) is 0 Å². The van der Waals surface area contributed by atoms with Crippen LogP contribution in [0.15, 0.2) is 147 Å². The van der Waals surface area contributed by atoms with Crippen LogP contribution in [-0.4, -0.2) is 19.9 Å². The van der Waals surface area contributed by atoms with E-state index in [4.69, 9.17) is 0 Å². The van der Waals surface area contributed by atoms with Gasteiger partial charge in [0, 0.05) is 41.3 Å². The quantitative estimate of drug-likeness (QED) is 0.171. The van der Waals surface area contributed by atoms with E-state index >= 15 is 0 Å². The summed E-state index contributed by atoms with van der Waals surface area (Å²) in [4.78, 5) is 22.4. The zero-order valence-corrected chi connectivity index (χ0v) is 23.2. The molecule has 0 amide bonds. The molecule has 0 bridgehead atoms. The third-order valence-corrected chi connectivity index (χ3v) is 6.98. The normalized spacial score (nSPS) is 10.7. The SMILES string of the molecule is C=Cc1cnc(CCc2cc(N(c3ccccc3)c3cccnc3)ccc2N(c2ccccc2)c2cccnc2)cn1. The largest absolute Gasteiger partial charge is 0.309 e. The Labute approximate surface area is 246 Å². The summed E-state index contributed by atoms with van der Waals surface area (Å²) in [6, 6.07) is 35.5. The van der Waals surface area contributed by atoms with Crippen LogP contribution in [-0.2, 0) is 12.8 Å². The Morgan fingerprint density at radius 3 is 1.74 bits per heavy atom. The summed E-state index contributed by atoms with van der Waals surface area (Å²) in [5, 5.41) is 0. The summed E-state index contributed by atoms with van der Waals surface area (Å²) in [6.07, 6.45) is 14.2. The molecule has 0 atom stereocenters. The molecule has 0 N–H and O–H groups in total. The highest BCUT2D eigenvalue weighted by atomic mass is 15.2. The van der Waals surface area contributed by atoms with E-state index in [2.05, 4.69) is 115 Å². The van der Waals surface area contributed by atoms with Crippen molar-refractivity contribution in [3.05, 3.63) is 164 Å². The first-order valence-corrected chi connectivity index (χ1v) is 13.9. The first kappa shape index (κ1) is 26.6. The highest BCUT2D eigenvalue weighted by molar-refractivity contribution is 5.82. The molecular formula is C36H30N6. The average molecular weight is 547 g/mol. The average Bonchev–Trinajstić information content (AvgIpc) is 3.07. The smallest absolute Gasteiger partial charge is 0.0807 e. The van der Waals surface area contributed by atoms with E-state index in [-0.39, 0.29) is 0 Å². The number of hydrogen-bond acceptors (Lipinski definition) is 6. The Morgan fingerprint density at radius 2 is 1.17 bits per heavy atom. The van der Waals surface area contributed by atoms with Gasteiger partial charge in [-0.25, -0.2) is 0 Å². The number of aryl methyl sites for hydroxylation is 2. The van der Waals surface area contributed by atoms with E-state index in [1.165, 1.54) is 5.56 Å². The van der Waals surface area contributed by atoms with Crippen LogP contribution in [0.1, 0.15) is 17.0 Å². The molecule has 0 aliphatic heterocycles. The molecule has 6 aromatic rings. The van der Waals surface area contributed by atoms with Crippen LogP contribution in [0.5, 0.6) is 0 Å². The molecule has 0 aliphatic carbocycles. The van der Waals surface area contributed by atoms with Crippen molar-refractivity contribution < 1.29 is 0 Å². The Balaban J connectivity index is 1.49. The summed E-state index contributed by atoms with van der Waals surface area (Å²) in [5.74, 6) is 0. The van der Waals surface area contributed by atoms with Gasteiger partial charge < -0.3 is 9.80 Å². The summed E-state index contributed by atoms with van der Waals surface area (Å²) in [5.41, 5.74) is 9.07. The Morgan fingerprint density at radius 1 is 0.548 bits per heavy atom. The number of aromatic nitrogens is 4. The van der Waals surface area contributed by atoms with Crippen LogP contribution in [0.25, 0.3) is 6.08 Å². The van der Waals surface area contributed by atoms with Crippen molar-refractivity contribution in [2.75, 3.05) is 9.80 Å². The number of benzene rings is 3. The van der Waals surface area contributed by atoms with Gasteiger partial charge in [-0.1, -0.05) is 43.0 Å². The molecule has 0 saturated carbocycles. The number of rotatable bonds is 10. The fourth-order valence-corrected chi connectivity index (χ4v) is 4.99. The van der Waals surface area contributed by atoms with Crippen LogP contribution < -0.4 is 9.80 Å². The topological polar surface area (TPSA) is 58.0 Å². The minimum Gasteiger partial charge on any atom is -0.309 e. The fourth-order valence-electron chi connectivity index (χ4n) is 4.99. The van der Waals surface area contributed by atoms with Gasteiger partial charge in [0.2, 0.25) is 0 Å². The number of pyridine rings is 2. The van der Waals surface area contributed by atoms with Crippen molar-refractivity contribution in [1.82, 2.24) is 19.9 Å². The Kier molecular flexibility index (Phi) is 8.04. The minimum absolute atomic E-state index is 0.731. The fraction of sp³-hybridized carbons (Fsp3) is 0.0556. The zero-order valence-electron chi connectivity index (χ0n) is 23.2. The monoisotopic (exact) mass is 546 g/mol. The molecule has 0 saturated heterocycles. The van der Waals surface area contributed by atoms with E-state index in [0.29, 0.717) is 0 Å². The first-order valence-electron chi connectivity index (χ1n) is 13.9. The van der Waals surface area contributed by atoms with E-state index in [1.807, 2.05) is 42.9 Å². The van der Waals surface area contributed by atoms with Gasteiger partial charge in [0.1, 0.15) is 0 Å². The second kappa shape index (κ2) is 12.7. The molecule has 204 valence electrons. The number of para-hydroxylation sites is 2. The predicted octanol–water partition coefficient (Wildman–Crippen LogP) is 8.63. The van der Waals surface area contributed by atoms with Gasteiger partial charge >= 0.3 is 0 Å². The Bertz CT molecular complexity index is 1650. The van der Waals surface area contributed by atoms with Crippen molar-refractivity contribution in [2.24, 2.45) is 0 Å². The van der Waals surface area contributed by atoms with Gasteiger partial charge in [-0.05, 0) is 91.2 Å². The molecule has 3 aromatic heterocycles. The third kappa shape index (κ3) is 5.93. The number of nitrogens with zero attached hydrogens (tertiary/aromatic N) is 6. The van der Waals surface area contributed by atoms with Gasteiger partial charge in [-0.15, -0.1) is 0 Å². The van der Waals surface area contributed by atoms with Crippen molar-refractivity contribution in [2.45, 2.75) is 12.8 Å². The Hall–Kier alpha value is -5.62. The molecule has 42 heavy (non-hydrogen) atoms. The summed E-state index contributed by atoms with van der Waals surface area (Å²) in [7, 11) is 0. The number of hydrogen-bond donors (Lipinski definition) is 0. The summed E-state index contributed by atoms with van der Waals surface area (Å²) in [6.45, 7) is 3.80. The molecule has 0 fully saturated rings. The van der Waals surface area contributed by atoms with Gasteiger partial charge in [0.15, 0.2) is 0 Å². The van der Waals surface area contributed by atoms with Crippen molar-refractivity contribution in [3.8, 4) is 0 Å². The second-order valence-corrected chi connectivity index (χ2v) is 9.71. The molecular weight excluding hydrogens is 516 g/mol. The number of anilines is 6. The third-order valence-electron chi connectivity index (χ3n) is 6.98. The van der Waals surface area contributed by atoms with Crippen LogP contribution in [0.4, 0.5) is 34.1 Å². The van der Waals surface area contributed by atoms with Crippen LogP contribution >= 0.6 is 0 Å². The predicted molar refractivity (Wildman–Crippen MR) is 171 cm³/mol. The standard InChI is InChI=1S/C36H30N6/c1-2-29-24-40-30(25-39-29)18-17-28-23-33(41(31-11-5-3-6-12-31)34-15-9-21-37-26-34)19-20-36(28)42(32-13-7-4-8-14-32)35-16-10-22-38-27-35/h2-16,19-27H,1,17-18H2. The van der Waals surface area contributed by atoms with Crippen LogP contribution in [0.2, 0.25) is 0 Å². The lowest BCUT2D eigenvalue weighted by atomic mass is 10.0. The van der Waals surface area contributed by atoms with Crippen LogP contribution in [0.3, 0.4) is 0 Å². The molecule has 0 radical (unpaired) electrons. The van der Waals surface area contributed by atoms with Gasteiger partial charge in [-0.2, -0.15) is 0 Å². The molecule has 6 rings (SSSR count). The van der Waals surface area contributed by atoms with Crippen molar-refractivity contribution in [3.63, 3.8) is 0 Å². The maximum absolute atomic E-state index is 4.63. The molecule has 6 nitrogen and oxygen atoms in total. The van der Waals surface area contributed by atoms with E-state index in [9.17, 15) is 0 Å². The molecule has 6 heteroatoms. The highest BCUT2D eigenvalue weighted by Crippen LogP contribution is 2.41. The maximum Gasteiger partial charge on any atom is 0.0807 e. The molecule has 3 heterocycles. The van der Waals surface area contributed by atoms with Gasteiger partial charge in [-0.3, -0.25) is 19.9 Å². The maximum atomic E-state index is 4.63. The highest BCUT2D eigenvalue weighted by Gasteiger charge is 2.20. The van der Waals surface area contributed by atoms with Crippen molar-refractivity contribution in [1.29, 1.82) is 0 Å². The zero-order chi connectivity index (χ0) is 28.6. The van der Waals surface area contributed by atoms with Crippen molar-refractivity contribution >= 4 is 40.2 Å². The van der Waals surface area contributed by atoms with E-state index < -0.39 is 0 Å². The molecule has 3 aromatic carbocycles. The molecule has 0 spiro atoms. The van der Waals surface area contributed by atoms with E-state index in [1.54, 1.807) is 24.7 Å².